The van der Waals surface area contributed by atoms with Crippen molar-refractivity contribution in [1.82, 2.24) is 4.90 Å². The minimum Gasteiger partial charge on any atom is -0.329 e. The average molecular weight is 247 g/mol. The Morgan fingerprint density at radius 3 is 2.83 bits per heavy atom. The SMILES string of the molecule is CN(Cc1ccc2c(c1)CC(=O)N2)C(C)(C)CN. The van der Waals surface area contributed by atoms with Gasteiger partial charge >= 0.3 is 0 Å². The van der Waals surface area contributed by atoms with Crippen molar-refractivity contribution in [3.05, 3.63) is 29.3 Å². The number of hydrogen-bond acceptors (Lipinski definition) is 3. The topological polar surface area (TPSA) is 58.4 Å². The molecule has 0 aliphatic carbocycles. The van der Waals surface area contributed by atoms with Crippen LogP contribution in [0, 0.1) is 0 Å². The number of likely N-dealkylation sites (N-methyl/N-ethyl adjacent to an activating group) is 1. The van der Waals surface area contributed by atoms with E-state index in [2.05, 4.69) is 43.2 Å². The van der Waals surface area contributed by atoms with Crippen molar-refractivity contribution >= 4 is 11.6 Å². The van der Waals surface area contributed by atoms with Crippen LogP contribution in [0.15, 0.2) is 18.2 Å². The number of hydrogen-bond donors (Lipinski definition) is 2. The maximum absolute atomic E-state index is 11.3. The van der Waals surface area contributed by atoms with Gasteiger partial charge in [-0.15, -0.1) is 0 Å². The molecule has 3 N–H and O–H groups in total. The van der Waals surface area contributed by atoms with Crippen LogP contribution in [0.4, 0.5) is 5.69 Å². The summed E-state index contributed by atoms with van der Waals surface area (Å²) in [7, 11) is 2.07. The lowest BCUT2D eigenvalue weighted by molar-refractivity contribution is -0.115. The monoisotopic (exact) mass is 247 g/mol. The van der Waals surface area contributed by atoms with Crippen LogP contribution in [-0.4, -0.2) is 29.9 Å². The van der Waals surface area contributed by atoms with Gasteiger partial charge in [-0.1, -0.05) is 12.1 Å². The van der Waals surface area contributed by atoms with E-state index in [1.54, 1.807) is 0 Å². The van der Waals surface area contributed by atoms with E-state index in [0.29, 0.717) is 13.0 Å². The molecule has 0 unspecified atom stereocenters. The number of fused-ring (bicyclic) bond motifs is 1. The summed E-state index contributed by atoms with van der Waals surface area (Å²) in [4.78, 5) is 13.5. The van der Waals surface area contributed by atoms with Crippen molar-refractivity contribution in [2.75, 3.05) is 18.9 Å². The van der Waals surface area contributed by atoms with Gasteiger partial charge in [0.1, 0.15) is 0 Å². The van der Waals surface area contributed by atoms with Crippen molar-refractivity contribution in [1.29, 1.82) is 0 Å². The van der Waals surface area contributed by atoms with Crippen LogP contribution in [0.1, 0.15) is 25.0 Å². The number of amides is 1. The zero-order valence-electron chi connectivity index (χ0n) is 11.3. The van der Waals surface area contributed by atoms with Gasteiger partial charge in [0.15, 0.2) is 0 Å². The van der Waals surface area contributed by atoms with Crippen LogP contribution in [0.3, 0.4) is 0 Å². The van der Waals surface area contributed by atoms with Crippen molar-refractivity contribution in [3.8, 4) is 0 Å². The predicted molar refractivity (Wildman–Crippen MR) is 73.4 cm³/mol. The molecule has 2 rings (SSSR count). The van der Waals surface area contributed by atoms with Crippen LogP contribution in [0.25, 0.3) is 0 Å². The second-order valence-electron chi connectivity index (χ2n) is 5.59. The predicted octanol–water partition coefficient (Wildman–Crippen LogP) is 1.35. The van der Waals surface area contributed by atoms with Crippen LogP contribution in [0.5, 0.6) is 0 Å². The van der Waals surface area contributed by atoms with Gasteiger partial charge < -0.3 is 11.1 Å². The molecule has 1 aromatic carbocycles. The Labute approximate surface area is 108 Å². The van der Waals surface area contributed by atoms with Gasteiger partial charge in [-0.3, -0.25) is 9.69 Å². The van der Waals surface area contributed by atoms with Gasteiger partial charge in [-0.05, 0) is 38.1 Å². The van der Waals surface area contributed by atoms with E-state index in [9.17, 15) is 4.79 Å². The van der Waals surface area contributed by atoms with E-state index in [1.807, 2.05) is 6.07 Å². The van der Waals surface area contributed by atoms with Crippen LogP contribution >= 0.6 is 0 Å². The largest absolute Gasteiger partial charge is 0.329 e. The van der Waals surface area contributed by atoms with E-state index < -0.39 is 0 Å². The summed E-state index contributed by atoms with van der Waals surface area (Å²) in [5.41, 5.74) is 9.01. The van der Waals surface area contributed by atoms with Crippen LogP contribution < -0.4 is 11.1 Å². The standard InChI is InChI=1S/C14H21N3O/c1-14(2,9-15)17(3)8-10-4-5-12-11(6-10)7-13(18)16-12/h4-6H,7-9,15H2,1-3H3,(H,16,18). The third-order valence-corrected chi connectivity index (χ3v) is 3.75. The molecule has 0 fully saturated rings. The molecule has 1 aliphatic heterocycles. The Morgan fingerprint density at radius 1 is 1.44 bits per heavy atom. The summed E-state index contributed by atoms with van der Waals surface area (Å²) in [5, 5.41) is 2.85. The number of anilines is 1. The Morgan fingerprint density at radius 2 is 2.17 bits per heavy atom. The van der Waals surface area contributed by atoms with E-state index in [-0.39, 0.29) is 11.4 Å². The van der Waals surface area contributed by atoms with Crippen LogP contribution in [-0.2, 0) is 17.8 Å². The lowest BCUT2D eigenvalue weighted by Crippen LogP contribution is -2.46. The van der Waals surface area contributed by atoms with E-state index in [0.717, 1.165) is 17.8 Å². The van der Waals surface area contributed by atoms with E-state index >= 15 is 0 Å². The first-order chi connectivity index (χ1) is 8.42. The summed E-state index contributed by atoms with van der Waals surface area (Å²) in [6.45, 7) is 5.72. The van der Waals surface area contributed by atoms with Crippen molar-refractivity contribution < 1.29 is 4.79 Å². The third-order valence-electron chi connectivity index (χ3n) is 3.75. The number of nitrogens with one attached hydrogen (secondary N) is 1. The zero-order valence-corrected chi connectivity index (χ0v) is 11.3. The minimum atomic E-state index is -0.0208. The molecule has 0 radical (unpaired) electrons. The molecule has 0 spiro atoms. The first kappa shape index (κ1) is 13.1. The molecule has 1 aromatic rings. The molecule has 0 saturated carbocycles. The van der Waals surface area contributed by atoms with Crippen molar-refractivity contribution in [2.45, 2.75) is 32.4 Å². The van der Waals surface area contributed by atoms with Crippen LogP contribution in [0.2, 0.25) is 0 Å². The number of nitrogens with zero attached hydrogens (tertiary/aromatic N) is 1. The number of carbonyl (C=O) groups is 1. The molecule has 0 atom stereocenters. The molecule has 1 heterocycles. The zero-order chi connectivity index (χ0) is 13.3. The summed E-state index contributed by atoms with van der Waals surface area (Å²) in [6.07, 6.45) is 0.493. The maximum atomic E-state index is 11.3. The number of rotatable bonds is 4. The molecule has 1 amide bonds. The second kappa shape index (κ2) is 4.71. The van der Waals surface area contributed by atoms with Gasteiger partial charge in [0.2, 0.25) is 5.91 Å². The van der Waals surface area contributed by atoms with Gasteiger partial charge in [-0.25, -0.2) is 0 Å². The Kier molecular flexibility index (Phi) is 3.41. The van der Waals surface area contributed by atoms with E-state index in [1.165, 1.54) is 5.56 Å². The summed E-state index contributed by atoms with van der Waals surface area (Å²) < 4.78 is 0. The Hall–Kier alpha value is -1.39. The lowest BCUT2D eigenvalue weighted by Gasteiger charge is -2.34. The number of carbonyl (C=O) groups excluding carboxylic acids is 1. The van der Waals surface area contributed by atoms with Gasteiger partial charge in [0.05, 0.1) is 6.42 Å². The number of benzene rings is 1. The van der Waals surface area contributed by atoms with Gasteiger partial charge in [0, 0.05) is 24.3 Å². The fourth-order valence-corrected chi connectivity index (χ4v) is 2.02. The summed E-state index contributed by atoms with van der Waals surface area (Å²) in [6, 6.07) is 6.16. The molecule has 0 aromatic heterocycles. The normalized spacial score (nSPS) is 14.8. The average Bonchev–Trinajstić information content (AvgIpc) is 2.68. The van der Waals surface area contributed by atoms with Crippen molar-refractivity contribution in [2.24, 2.45) is 5.73 Å². The fraction of sp³-hybridized carbons (Fsp3) is 0.500. The maximum Gasteiger partial charge on any atom is 0.228 e. The van der Waals surface area contributed by atoms with E-state index in [4.69, 9.17) is 5.73 Å². The molecular weight excluding hydrogens is 226 g/mol. The lowest BCUT2D eigenvalue weighted by atomic mass is 10.0. The first-order valence-electron chi connectivity index (χ1n) is 6.25. The Bertz CT molecular complexity index is 468. The molecule has 4 nitrogen and oxygen atoms in total. The number of nitrogens with two attached hydrogens (primary N) is 1. The highest BCUT2D eigenvalue weighted by Crippen LogP contribution is 2.25. The molecule has 18 heavy (non-hydrogen) atoms. The summed E-state index contributed by atoms with van der Waals surface area (Å²) in [5.74, 6) is 0.0813. The summed E-state index contributed by atoms with van der Waals surface area (Å²) >= 11 is 0. The van der Waals surface area contributed by atoms with Gasteiger partial charge in [0.25, 0.3) is 0 Å². The quantitative estimate of drug-likeness (QED) is 0.844. The van der Waals surface area contributed by atoms with Crippen molar-refractivity contribution in [3.63, 3.8) is 0 Å². The highest BCUT2D eigenvalue weighted by molar-refractivity contribution is 5.99. The highest BCUT2D eigenvalue weighted by atomic mass is 16.1. The molecule has 4 heteroatoms. The molecular formula is C14H21N3O. The molecule has 1 aliphatic rings. The van der Waals surface area contributed by atoms with Gasteiger partial charge in [-0.2, -0.15) is 0 Å². The molecule has 0 saturated heterocycles. The third kappa shape index (κ3) is 2.54. The minimum absolute atomic E-state index is 0.0208. The fourth-order valence-electron chi connectivity index (χ4n) is 2.02. The second-order valence-corrected chi connectivity index (χ2v) is 5.59. The molecule has 0 bridgehead atoms. The molecule has 98 valence electrons. The smallest absolute Gasteiger partial charge is 0.228 e. The Balaban J connectivity index is 2.12. The first-order valence-corrected chi connectivity index (χ1v) is 6.25. The highest BCUT2D eigenvalue weighted by Gasteiger charge is 2.22.